The average Bonchev–Trinajstić information content (AvgIpc) is 2.81. The lowest BCUT2D eigenvalue weighted by molar-refractivity contribution is 0.198. The zero-order valence-electron chi connectivity index (χ0n) is 10.1. The van der Waals surface area contributed by atoms with Crippen molar-refractivity contribution < 1.29 is 4.74 Å². The summed E-state index contributed by atoms with van der Waals surface area (Å²) in [5.74, 6) is 3.04. The zero-order chi connectivity index (χ0) is 11.5. The monoisotopic (exact) mass is 233 g/mol. The third-order valence-electron chi connectivity index (χ3n) is 3.72. The molecule has 1 saturated heterocycles. The van der Waals surface area contributed by atoms with Crippen LogP contribution >= 0.6 is 0 Å². The van der Waals surface area contributed by atoms with Crippen LogP contribution in [0.15, 0.2) is 12.4 Å². The molecule has 0 amide bonds. The normalized spacial score (nSPS) is 21.4. The summed E-state index contributed by atoms with van der Waals surface area (Å²) in [5, 5.41) is 3.23. The Morgan fingerprint density at radius 2 is 1.88 bits per heavy atom. The molecule has 4 nitrogen and oxygen atoms in total. The first-order valence-corrected chi connectivity index (χ1v) is 6.57. The second-order valence-electron chi connectivity index (χ2n) is 5.09. The summed E-state index contributed by atoms with van der Waals surface area (Å²) < 4.78 is 5.66. The van der Waals surface area contributed by atoms with Gasteiger partial charge < -0.3 is 10.1 Å². The molecule has 4 heteroatoms. The highest BCUT2D eigenvalue weighted by molar-refractivity contribution is 5.14. The lowest BCUT2D eigenvalue weighted by atomic mass is 10.1. The molecule has 1 N–H and O–H groups in total. The Morgan fingerprint density at radius 1 is 1.18 bits per heavy atom. The predicted octanol–water partition coefficient (Wildman–Crippen LogP) is 1.73. The summed E-state index contributed by atoms with van der Waals surface area (Å²) in [7, 11) is 0. The fraction of sp³-hybridized carbons (Fsp3) is 0.692. The molecule has 0 atom stereocenters. The van der Waals surface area contributed by atoms with Crippen LogP contribution in [0.2, 0.25) is 0 Å². The Kier molecular flexibility index (Phi) is 3.22. The van der Waals surface area contributed by atoms with Gasteiger partial charge in [0.25, 0.3) is 0 Å². The highest BCUT2D eigenvalue weighted by Gasteiger charge is 2.20. The van der Waals surface area contributed by atoms with Crippen LogP contribution in [0.3, 0.4) is 0 Å². The Balaban J connectivity index is 1.55. The Bertz CT molecular complexity index is 355. The van der Waals surface area contributed by atoms with E-state index in [1.165, 1.54) is 25.7 Å². The number of nitrogens with zero attached hydrogens (tertiary/aromatic N) is 2. The molecule has 0 bridgehead atoms. The molecule has 0 unspecified atom stereocenters. The number of aromatic nitrogens is 2. The zero-order valence-corrected chi connectivity index (χ0v) is 10.1. The van der Waals surface area contributed by atoms with Gasteiger partial charge in [0.05, 0.1) is 19.0 Å². The summed E-state index contributed by atoms with van der Waals surface area (Å²) >= 11 is 0. The van der Waals surface area contributed by atoms with Gasteiger partial charge in [-0.15, -0.1) is 0 Å². The van der Waals surface area contributed by atoms with E-state index in [4.69, 9.17) is 4.74 Å². The van der Waals surface area contributed by atoms with E-state index in [2.05, 4.69) is 15.3 Å². The second kappa shape index (κ2) is 5.00. The summed E-state index contributed by atoms with van der Waals surface area (Å²) in [6.45, 7) is 2.92. The summed E-state index contributed by atoms with van der Waals surface area (Å²) in [5.41, 5.74) is 0. The summed E-state index contributed by atoms with van der Waals surface area (Å²) in [6.07, 6.45) is 8.78. The molecule has 2 heterocycles. The van der Waals surface area contributed by atoms with Crippen LogP contribution in [0.5, 0.6) is 5.75 Å². The molecule has 1 aliphatic carbocycles. The first-order valence-electron chi connectivity index (χ1n) is 6.57. The molecule has 17 heavy (non-hydrogen) atoms. The molecular weight excluding hydrogens is 214 g/mol. The van der Waals surface area contributed by atoms with E-state index in [-0.39, 0.29) is 0 Å². The minimum absolute atomic E-state index is 0.583. The summed E-state index contributed by atoms with van der Waals surface area (Å²) in [4.78, 5) is 8.86. The Labute approximate surface area is 102 Å². The minimum Gasteiger partial charge on any atom is -0.490 e. The van der Waals surface area contributed by atoms with E-state index in [0.29, 0.717) is 11.8 Å². The molecule has 2 fully saturated rings. The molecule has 1 saturated carbocycles. The topological polar surface area (TPSA) is 47.0 Å². The first kappa shape index (κ1) is 11.0. The Hall–Kier alpha value is -1.16. The van der Waals surface area contributed by atoms with E-state index in [0.717, 1.165) is 31.3 Å². The molecule has 1 aliphatic heterocycles. The lowest BCUT2D eigenvalue weighted by Gasteiger charge is -2.26. The van der Waals surface area contributed by atoms with Gasteiger partial charge in [-0.3, -0.25) is 0 Å². The molecule has 0 aromatic carbocycles. The van der Waals surface area contributed by atoms with Crippen molar-refractivity contribution in [3.63, 3.8) is 0 Å². The van der Waals surface area contributed by atoms with Crippen molar-refractivity contribution in [1.29, 1.82) is 0 Å². The van der Waals surface area contributed by atoms with Gasteiger partial charge in [-0.25, -0.2) is 9.97 Å². The molecule has 0 radical (unpaired) electrons. The van der Waals surface area contributed by atoms with Crippen LogP contribution in [-0.2, 0) is 0 Å². The van der Waals surface area contributed by atoms with E-state index in [1.54, 1.807) is 0 Å². The van der Waals surface area contributed by atoms with Crippen molar-refractivity contribution in [2.24, 2.45) is 5.92 Å². The molecule has 1 aromatic heterocycles. The molecule has 92 valence electrons. The minimum atomic E-state index is 0.583. The van der Waals surface area contributed by atoms with Crippen molar-refractivity contribution in [2.45, 2.75) is 31.6 Å². The van der Waals surface area contributed by atoms with Crippen LogP contribution in [0.25, 0.3) is 0 Å². The van der Waals surface area contributed by atoms with Gasteiger partial charge in [0.15, 0.2) is 5.75 Å². The van der Waals surface area contributed by atoms with Crippen LogP contribution in [0.4, 0.5) is 0 Å². The third-order valence-corrected chi connectivity index (χ3v) is 3.72. The van der Waals surface area contributed by atoms with Gasteiger partial charge >= 0.3 is 0 Å². The van der Waals surface area contributed by atoms with Gasteiger partial charge in [-0.05, 0) is 12.8 Å². The Morgan fingerprint density at radius 3 is 2.47 bits per heavy atom. The molecular formula is C13H19N3O. The van der Waals surface area contributed by atoms with E-state index in [1.807, 2.05) is 12.4 Å². The number of hydrogen-bond acceptors (Lipinski definition) is 4. The molecule has 1 aromatic rings. The first-order chi connectivity index (χ1) is 8.42. The highest BCUT2D eigenvalue weighted by atomic mass is 16.5. The number of hydrogen-bond donors (Lipinski definition) is 1. The fourth-order valence-electron chi connectivity index (χ4n) is 2.48. The molecule has 3 rings (SSSR count). The largest absolute Gasteiger partial charge is 0.490 e. The summed E-state index contributed by atoms with van der Waals surface area (Å²) in [6, 6.07) is 0. The molecule has 0 spiro atoms. The second-order valence-corrected chi connectivity index (χ2v) is 5.09. The highest BCUT2D eigenvalue weighted by Crippen LogP contribution is 2.32. The van der Waals surface area contributed by atoms with Crippen LogP contribution in [-0.4, -0.2) is 29.7 Å². The SMILES string of the molecule is c1nc(C2CCCC2)ncc1OCC1CNC1. The smallest absolute Gasteiger partial charge is 0.155 e. The standard InChI is InChI=1S/C13H19N3O/c1-2-4-11(3-1)13-15-7-12(8-16-13)17-9-10-5-14-6-10/h7-8,10-11,14H,1-6,9H2. The number of nitrogens with one attached hydrogen (secondary N) is 1. The predicted molar refractivity (Wildman–Crippen MR) is 65.1 cm³/mol. The quantitative estimate of drug-likeness (QED) is 0.860. The van der Waals surface area contributed by atoms with E-state index in [9.17, 15) is 0 Å². The van der Waals surface area contributed by atoms with Crippen molar-refractivity contribution in [3.05, 3.63) is 18.2 Å². The van der Waals surface area contributed by atoms with Gasteiger partial charge in [0.2, 0.25) is 0 Å². The van der Waals surface area contributed by atoms with E-state index >= 15 is 0 Å². The van der Waals surface area contributed by atoms with Crippen LogP contribution < -0.4 is 10.1 Å². The van der Waals surface area contributed by atoms with Crippen LogP contribution in [0, 0.1) is 5.92 Å². The number of ether oxygens (including phenoxy) is 1. The maximum Gasteiger partial charge on any atom is 0.155 e. The van der Waals surface area contributed by atoms with Gasteiger partial charge in [-0.2, -0.15) is 0 Å². The average molecular weight is 233 g/mol. The van der Waals surface area contributed by atoms with E-state index < -0.39 is 0 Å². The number of rotatable bonds is 4. The lowest BCUT2D eigenvalue weighted by Crippen LogP contribution is -2.45. The van der Waals surface area contributed by atoms with Crippen LogP contribution in [0.1, 0.15) is 37.4 Å². The van der Waals surface area contributed by atoms with Gasteiger partial charge in [0, 0.05) is 24.9 Å². The van der Waals surface area contributed by atoms with Gasteiger partial charge in [-0.1, -0.05) is 12.8 Å². The third kappa shape index (κ3) is 2.57. The van der Waals surface area contributed by atoms with Crippen molar-refractivity contribution in [2.75, 3.05) is 19.7 Å². The maximum atomic E-state index is 5.66. The van der Waals surface area contributed by atoms with Crippen molar-refractivity contribution in [1.82, 2.24) is 15.3 Å². The van der Waals surface area contributed by atoms with Crippen molar-refractivity contribution >= 4 is 0 Å². The van der Waals surface area contributed by atoms with Crippen molar-refractivity contribution in [3.8, 4) is 5.75 Å². The maximum absolute atomic E-state index is 5.66. The molecule has 2 aliphatic rings. The fourth-order valence-corrected chi connectivity index (χ4v) is 2.48. The van der Waals surface area contributed by atoms with Gasteiger partial charge in [0.1, 0.15) is 5.82 Å².